The van der Waals surface area contributed by atoms with Crippen LogP contribution < -0.4 is 10.1 Å². The summed E-state index contributed by atoms with van der Waals surface area (Å²) in [5, 5.41) is 2.99. The molecule has 2 aliphatic heterocycles. The normalized spacial score (nSPS) is 25.4. The summed E-state index contributed by atoms with van der Waals surface area (Å²) >= 11 is 0. The smallest absolute Gasteiger partial charge is 0.257 e. The van der Waals surface area contributed by atoms with E-state index in [0.717, 1.165) is 45.1 Å². The first-order valence-electron chi connectivity index (χ1n) is 9.76. The zero-order valence-electron chi connectivity index (χ0n) is 15.1. The highest BCUT2D eigenvalue weighted by Crippen LogP contribution is 2.31. The molecule has 1 aliphatic carbocycles. The van der Waals surface area contributed by atoms with E-state index in [9.17, 15) is 9.59 Å². The van der Waals surface area contributed by atoms with Crippen molar-refractivity contribution >= 4 is 17.5 Å². The number of ether oxygens (including phenoxy) is 1. The van der Waals surface area contributed by atoms with Crippen molar-refractivity contribution in [1.82, 2.24) is 4.90 Å². The number of fused-ring (bicyclic) bond motifs is 2. The molecule has 138 valence electrons. The lowest BCUT2D eigenvalue weighted by molar-refractivity contribution is -0.120. The SMILES string of the molecule is O=C(Nc1ccc2c(c1)C(=O)N1CCCC[C@@H]1CCO2)[C@@H]1CC=CCC1. The van der Waals surface area contributed by atoms with E-state index in [1.165, 1.54) is 6.42 Å². The molecule has 1 saturated heterocycles. The first-order valence-corrected chi connectivity index (χ1v) is 9.76. The quantitative estimate of drug-likeness (QED) is 0.823. The van der Waals surface area contributed by atoms with Gasteiger partial charge in [-0.3, -0.25) is 9.59 Å². The summed E-state index contributed by atoms with van der Waals surface area (Å²) in [6.07, 6.45) is 11.0. The van der Waals surface area contributed by atoms with Gasteiger partial charge in [-0.2, -0.15) is 0 Å². The molecule has 26 heavy (non-hydrogen) atoms. The average Bonchev–Trinajstić information content (AvgIpc) is 2.68. The number of amides is 2. The maximum absolute atomic E-state index is 13.1. The van der Waals surface area contributed by atoms with Crippen LogP contribution in [-0.4, -0.2) is 35.9 Å². The van der Waals surface area contributed by atoms with Crippen LogP contribution in [0.1, 0.15) is 55.3 Å². The van der Waals surface area contributed by atoms with E-state index >= 15 is 0 Å². The Balaban J connectivity index is 1.55. The Kier molecular flexibility index (Phi) is 4.96. The molecule has 1 N–H and O–H groups in total. The van der Waals surface area contributed by atoms with Gasteiger partial charge in [0.1, 0.15) is 5.75 Å². The summed E-state index contributed by atoms with van der Waals surface area (Å²) in [5.74, 6) is 0.698. The molecule has 0 spiro atoms. The number of piperidine rings is 1. The van der Waals surface area contributed by atoms with E-state index in [0.29, 0.717) is 23.6 Å². The minimum Gasteiger partial charge on any atom is -0.493 e. The molecular formula is C21H26N2O3. The van der Waals surface area contributed by atoms with Crippen molar-refractivity contribution in [3.63, 3.8) is 0 Å². The van der Waals surface area contributed by atoms with Gasteiger partial charge in [0.15, 0.2) is 0 Å². The lowest BCUT2D eigenvalue weighted by Gasteiger charge is -2.37. The second kappa shape index (κ2) is 7.52. The molecule has 5 nitrogen and oxygen atoms in total. The Morgan fingerprint density at radius 1 is 1.15 bits per heavy atom. The Morgan fingerprint density at radius 2 is 2.08 bits per heavy atom. The zero-order valence-corrected chi connectivity index (χ0v) is 15.1. The number of rotatable bonds is 2. The molecule has 2 atom stereocenters. The molecule has 5 heteroatoms. The van der Waals surface area contributed by atoms with Gasteiger partial charge in [-0.25, -0.2) is 0 Å². The molecule has 1 fully saturated rings. The second-order valence-corrected chi connectivity index (χ2v) is 7.47. The summed E-state index contributed by atoms with van der Waals surface area (Å²) in [4.78, 5) is 27.6. The van der Waals surface area contributed by atoms with Crippen molar-refractivity contribution < 1.29 is 14.3 Å². The van der Waals surface area contributed by atoms with E-state index in [4.69, 9.17) is 4.74 Å². The number of carbonyl (C=O) groups excluding carboxylic acids is 2. The van der Waals surface area contributed by atoms with Crippen LogP contribution in [0.5, 0.6) is 5.75 Å². The highest BCUT2D eigenvalue weighted by atomic mass is 16.5. The summed E-state index contributed by atoms with van der Waals surface area (Å²) in [7, 11) is 0. The van der Waals surface area contributed by atoms with E-state index in [-0.39, 0.29) is 23.8 Å². The Labute approximate surface area is 154 Å². The first kappa shape index (κ1) is 17.1. The van der Waals surface area contributed by atoms with Gasteiger partial charge >= 0.3 is 0 Å². The number of benzene rings is 1. The summed E-state index contributed by atoms with van der Waals surface area (Å²) in [6.45, 7) is 1.44. The maximum Gasteiger partial charge on any atom is 0.257 e. The molecule has 4 rings (SSSR count). The van der Waals surface area contributed by atoms with E-state index in [1.807, 2.05) is 17.0 Å². The van der Waals surface area contributed by atoms with E-state index in [2.05, 4.69) is 17.5 Å². The van der Waals surface area contributed by atoms with Crippen molar-refractivity contribution in [2.75, 3.05) is 18.5 Å². The predicted octanol–water partition coefficient (Wildman–Crippen LogP) is 3.76. The number of hydrogen-bond donors (Lipinski definition) is 1. The van der Waals surface area contributed by atoms with Gasteiger partial charge in [-0.05, 0) is 56.7 Å². The van der Waals surface area contributed by atoms with Crippen molar-refractivity contribution in [3.8, 4) is 5.75 Å². The van der Waals surface area contributed by atoms with Gasteiger partial charge in [0, 0.05) is 30.6 Å². The molecular weight excluding hydrogens is 328 g/mol. The van der Waals surface area contributed by atoms with Gasteiger partial charge in [0.2, 0.25) is 5.91 Å². The number of nitrogens with zero attached hydrogens (tertiary/aromatic N) is 1. The van der Waals surface area contributed by atoms with Crippen LogP contribution in [-0.2, 0) is 4.79 Å². The van der Waals surface area contributed by atoms with Crippen LogP contribution in [0.2, 0.25) is 0 Å². The standard InChI is InChI=1S/C21H26N2O3/c24-20(15-6-2-1-3-7-15)22-16-9-10-19-18(14-16)21(25)23-12-5-4-8-17(23)11-13-26-19/h1-2,9-10,14-15,17H,3-8,11-13H2,(H,22,24)/t15-,17-/m1/s1. The van der Waals surface area contributed by atoms with Crippen molar-refractivity contribution in [2.24, 2.45) is 5.92 Å². The van der Waals surface area contributed by atoms with Crippen LogP contribution in [0.25, 0.3) is 0 Å². The topological polar surface area (TPSA) is 58.6 Å². The largest absolute Gasteiger partial charge is 0.493 e. The van der Waals surface area contributed by atoms with Crippen molar-refractivity contribution in [1.29, 1.82) is 0 Å². The minimum atomic E-state index is 0.0143. The molecule has 2 heterocycles. The first-order chi connectivity index (χ1) is 12.7. The zero-order chi connectivity index (χ0) is 17.9. The number of allylic oxidation sites excluding steroid dienone is 2. The highest BCUT2D eigenvalue weighted by molar-refractivity contribution is 6.00. The van der Waals surface area contributed by atoms with Crippen LogP contribution in [0.15, 0.2) is 30.4 Å². The van der Waals surface area contributed by atoms with E-state index < -0.39 is 0 Å². The Bertz CT molecular complexity index is 728. The molecule has 0 aromatic heterocycles. The van der Waals surface area contributed by atoms with Gasteiger partial charge in [0.05, 0.1) is 12.2 Å². The highest BCUT2D eigenvalue weighted by Gasteiger charge is 2.31. The maximum atomic E-state index is 13.1. The Morgan fingerprint density at radius 3 is 2.92 bits per heavy atom. The van der Waals surface area contributed by atoms with Crippen molar-refractivity contribution in [3.05, 3.63) is 35.9 Å². The third-order valence-electron chi connectivity index (χ3n) is 5.71. The third-order valence-corrected chi connectivity index (χ3v) is 5.71. The number of anilines is 1. The van der Waals surface area contributed by atoms with Gasteiger partial charge < -0.3 is 15.0 Å². The summed E-state index contributed by atoms with van der Waals surface area (Å²) in [5.41, 5.74) is 1.24. The second-order valence-electron chi connectivity index (χ2n) is 7.47. The lowest BCUT2D eigenvalue weighted by Crippen LogP contribution is -2.45. The molecule has 0 unspecified atom stereocenters. The fraction of sp³-hybridized carbons (Fsp3) is 0.524. The van der Waals surface area contributed by atoms with Crippen LogP contribution >= 0.6 is 0 Å². The van der Waals surface area contributed by atoms with Crippen LogP contribution in [0.4, 0.5) is 5.69 Å². The average molecular weight is 354 g/mol. The number of hydrogen-bond acceptors (Lipinski definition) is 3. The van der Waals surface area contributed by atoms with E-state index in [1.54, 1.807) is 6.07 Å². The van der Waals surface area contributed by atoms with Gasteiger partial charge in [-0.1, -0.05) is 12.2 Å². The molecule has 1 aromatic rings. The van der Waals surface area contributed by atoms with Crippen LogP contribution in [0, 0.1) is 5.92 Å². The molecule has 2 amide bonds. The third kappa shape index (κ3) is 3.48. The molecule has 1 aromatic carbocycles. The molecule has 3 aliphatic rings. The predicted molar refractivity (Wildman–Crippen MR) is 100 cm³/mol. The van der Waals surface area contributed by atoms with Gasteiger partial charge in [-0.15, -0.1) is 0 Å². The monoisotopic (exact) mass is 354 g/mol. The van der Waals surface area contributed by atoms with Crippen LogP contribution in [0.3, 0.4) is 0 Å². The molecule has 0 saturated carbocycles. The number of carbonyl (C=O) groups is 2. The van der Waals surface area contributed by atoms with Crippen molar-refractivity contribution in [2.45, 2.75) is 51.0 Å². The summed E-state index contributed by atoms with van der Waals surface area (Å²) < 4.78 is 5.85. The lowest BCUT2D eigenvalue weighted by atomic mass is 9.93. The summed E-state index contributed by atoms with van der Waals surface area (Å²) in [6, 6.07) is 5.70. The number of nitrogens with one attached hydrogen (secondary N) is 1. The van der Waals surface area contributed by atoms with Gasteiger partial charge in [0.25, 0.3) is 5.91 Å². The minimum absolute atomic E-state index is 0.0143. The molecule has 0 bridgehead atoms. The fourth-order valence-electron chi connectivity index (χ4n) is 4.20. The Hall–Kier alpha value is -2.30. The molecule has 0 radical (unpaired) electrons. The fourth-order valence-corrected chi connectivity index (χ4v) is 4.20.